The van der Waals surface area contributed by atoms with Crippen molar-refractivity contribution in [3.8, 4) is 0 Å². The summed E-state index contributed by atoms with van der Waals surface area (Å²) in [6, 6.07) is -0.613. The zero-order valence-corrected chi connectivity index (χ0v) is 37.6. The highest BCUT2D eigenvalue weighted by atomic mass is 16.6. The number of quaternary nitrogens is 1. The zero-order valence-electron chi connectivity index (χ0n) is 37.6. The molecule has 0 saturated heterocycles. The second kappa shape index (κ2) is 39.9. The first-order valence-electron chi connectivity index (χ1n) is 23.7. The number of likely N-dealkylation sites (N-methyl/N-ethyl adjacent to an activating group) is 1. The van der Waals surface area contributed by atoms with Crippen molar-refractivity contribution in [2.24, 2.45) is 0 Å². The second-order valence-corrected chi connectivity index (χ2v) is 17.4. The number of nitrogens with zero attached hydrogens (tertiary/aromatic N) is 1. The lowest BCUT2D eigenvalue weighted by Gasteiger charge is -2.31. The molecule has 0 radical (unpaired) electrons. The van der Waals surface area contributed by atoms with Gasteiger partial charge in [0.15, 0.2) is 12.1 Å². The Hall–Kier alpha value is -1.93. The summed E-state index contributed by atoms with van der Waals surface area (Å²) >= 11 is 0. The highest BCUT2D eigenvalue weighted by Gasteiger charge is 2.31. The Bertz CT molecular complexity index is 931. The predicted octanol–water partition coefficient (Wildman–Crippen LogP) is 13.1. The first-order chi connectivity index (χ1) is 27.1. The van der Waals surface area contributed by atoms with Crippen molar-refractivity contribution in [2.75, 3.05) is 41.0 Å². The van der Waals surface area contributed by atoms with Crippen molar-refractivity contribution in [2.45, 2.75) is 238 Å². The van der Waals surface area contributed by atoms with E-state index in [1.54, 1.807) is 0 Å². The van der Waals surface area contributed by atoms with E-state index in [0.29, 0.717) is 19.3 Å². The van der Waals surface area contributed by atoms with E-state index in [2.05, 4.69) is 26.0 Å². The number of allylic oxidation sites excluding steroid dienone is 2. The standard InChI is InChI=1S/C48H91NO7/c1-6-8-10-12-14-16-18-20-21-22-23-24-25-27-28-30-32-34-36-38-46(50)55-43-44(42-54-41-40-45(48(52)53)49(3,4)5)56-47(51)39-37-35-33-31-29-26-19-17-15-13-11-9-7-2/h26,29,44-45H,6-25,27-28,30-43H2,1-5H3/p+1/b29-26+. The summed E-state index contributed by atoms with van der Waals surface area (Å²) in [6.45, 7) is 4.75. The lowest BCUT2D eigenvalue weighted by atomic mass is 10.0. The number of carbonyl (C=O) groups is 3. The highest BCUT2D eigenvalue weighted by molar-refractivity contribution is 5.72. The number of hydrogen-bond donors (Lipinski definition) is 1. The van der Waals surface area contributed by atoms with Gasteiger partial charge >= 0.3 is 17.9 Å². The summed E-state index contributed by atoms with van der Waals surface area (Å²) in [7, 11) is 5.53. The van der Waals surface area contributed by atoms with Crippen LogP contribution in [0.25, 0.3) is 0 Å². The largest absolute Gasteiger partial charge is 0.477 e. The summed E-state index contributed by atoms with van der Waals surface area (Å²) in [6.07, 6.45) is 42.6. The number of carboxylic acid groups (broad SMARTS) is 1. The molecule has 0 rings (SSSR count). The number of unbranched alkanes of at least 4 members (excludes halogenated alkanes) is 27. The summed E-state index contributed by atoms with van der Waals surface area (Å²) < 4.78 is 17.3. The van der Waals surface area contributed by atoms with Gasteiger partial charge in [-0.25, -0.2) is 4.79 Å². The number of carboxylic acids is 1. The fourth-order valence-corrected chi connectivity index (χ4v) is 7.21. The first kappa shape index (κ1) is 54.1. The minimum Gasteiger partial charge on any atom is -0.477 e. The molecule has 0 spiro atoms. The molecular weight excluding hydrogens is 703 g/mol. The van der Waals surface area contributed by atoms with Crippen LogP contribution in [0.3, 0.4) is 0 Å². The number of aliphatic carboxylic acids is 1. The Morgan fingerprint density at radius 3 is 1.30 bits per heavy atom. The molecule has 0 aromatic carbocycles. The molecule has 0 aliphatic carbocycles. The predicted molar refractivity (Wildman–Crippen MR) is 234 cm³/mol. The lowest BCUT2D eigenvalue weighted by Crippen LogP contribution is -2.50. The third-order valence-electron chi connectivity index (χ3n) is 10.9. The Kier molecular flexibility index (Phi) is 38.5. The number of rotatable bonds is 43. The fraction of sp³-hybridized carbons (Fsp3) is 0.896. The molecule has 0 saturated carbocycles. The van der Waals surface area contributed by atoms with E-state index >= 15 is 0 Å². The van der Waals surface area contributed by atoms with Crippen LogP contribution in [0.4, 0.5) is 0 Å². The second-order valence-electron chi connectivity index (χ2n) is 17.4. The third kappa shape index (κ3) is 37.6. The van der Waals surface area contributed by atoms with Crippen molar-refractivity contribution < 1.29 is 38.2 Å². The SMILES string of the molecule is CCCCCCCC/C=C/CCCCCC(=O)OC(COCCC(C(=O)O)[N+](C)(C)C)COC(=O)CCCCCCCCCCCCCCCCCCCCC. The molecule has 0 aromatic heterocycles. The molecule has 56 heavy (non-hydrogen) atoms. The molecule has 330 valence electrons. The van der Waals surface area contributed by atoms with E-state index in [0.717, 1.165) is 51.4 Å². The first-order valence-corrected chi connectivity index (χ1v) is 23.7. The van der Waals surface area contributed by atoms with Gasteiger partial charge in [-0.05, 0) is 38.5 Å². The molecule has 0 amide bonds. The van der Waals surface area contributed by atoms with Gasteiger partial charge in [0.1, 0.15) is 6.61 Å². The number of esters is 2. The third-order valence-corrected chi connectivity index (χ3v) is 10.9. The van der Waals surface area contributed by atoms with Crippen LogP contribution >= 0.6 is 0 Å². The van der Waals surface area contributed by atoms with E-state index in [1.807, 2.05) is 21.1 Å². The van der Waals surface area contributed by atoms with Crippen molar-refractivity contribution in [3.05, 3.63) is 12.2 Å². The molecule has 0 heterocycles. The molecule has 1 N–H and O–H groups in total. The van der Waals surface area contributed by atoms with Gasteiger partial charge in [-0.1, -0.05) is 180 Å². The van der Waals surface area contributed by atoms with E-state index < -0.39 is 18.1 Å². The topological polar surface area (TPSA) is 99.1 Å². The van der Waals surface area contributed by atoms with Crippen molar-refractivity contribution in [1.82, 2.24) is 0 Å². The average Bonchev–Trinajstić information content (AvgIpc) is 3.15. The van der Waals surface area contributed by atoms with Crippen LogP contribution in [0.5, 0.6) is 0 Å². The minimum absolute atomic E-state index is 0.0508. The Labute approximate surface area is 346 Å². The van der Waals surface area contributed by atoms with Crippen LogP contribution in [0, 0.1) is 0 Å². The Balaban J connectivity index is 4.24. The molecule has 8 heteroatoms. The molecule has 0 aliphatic rings. The number of ether oxygens (including phenoxy) is 3. The maximum atomic E-state index is 12.7. The smallest absolute Gasteiger partial charge is 0.362 e. The van der Waals surface area contributed by atoms with Gasteiger partial charge in [-0.3, -0.25) is 9.59 Å². The van der Waals surface area contributed by atoms with Crippen molar-refractivity contribution in [1.29, 1.82) is 0 Å². The summed E-state index contributed by atoms with van der Waals surface area (Å²) in [4.78, 5) is 37.0. The van der Waals surface area contributed by atoms with Gasteiger partial charge < -0.3 is 23.8 Å². The van der Waals surface area contributed by atoms with Gasteiger partial charge in [-0.2, -0.15) is 0 Å². The molecule has 8 nitrogen and oxygen atoms in total. The Morgan fingerprint density at radius 2 is 0.893 bits per heavy atom. The minimum atomic E-state index is -0.874. The van der Waals surface area contributed by atoms with Crippen LogP contribution in [0.2, 0.25) is 0 Å². The lowest BCUT2D eigenvalue weighted by molar-refractivity contribution is -0.887. The fourth-order valence-electron chi connectivity index (χ4n) is 7.21. The molecule has 0 aromatic rings. The number of hydrogen-bond acceptors (Lipinski definition) is 6. The van der Waals surface area contributed by atoms with E-state index in [-0.39, 0.29) is 36.2 Å². The van der Waals surface area contributed by atoms with E-state index in [1.165, 1.54) is 141 Å². The Morgan fingerprint density at radius 1 is 0.518 bits per heavy atom. The molecule has 2 unspecified atom stereocenters. The van der Waals surface area contributed by atoms with Crippen LogP contribution in [-0.2, 0) is 28.6 Å². The van der Waals surface area contributed by atoms with Crippen LogP contribution in [-0.4, -0.2) is 80.6 Å². The van der Waals surface area contributed by atoms with E-state index in [4.69, 9.17) is 14.2 Å². The van der Waals surface area contributed by atoms with Gasteiger partial charge in [0.05, 0.1) is 34.4 Å². The highest BCUT2D eigenvalue weighted by Crippen LogP contribution is 2.16. The van der Waals surface area contributed by atoms with E-state index in [9.17, 15) is 19.5 Å². The average molecular weight is 795 g/mol. The quantitative estimate of drug-likeness (QED) is 0.0284. The molecule has 2 atom stereocenters. The van der Waals surface area contributed by atoms with Gasteiger partial charge in [0.25, 0.3) is 0 Å². The monoisotopic (exact) mass is 795 g/mol. The van der Waals surface area contributed by atoms with Crippen LogP contribution < -0.4 is 0 Å². The molecule has 0 fully saturated rings. The van der Waals surface area contributed by atoms with Gasteiger partial charge in [-0.15, -0.1) is 0 Å². The summed E-state index contributed by atoms with van der Waals surface area (Å²) in [5, 5.41) is 9.62. The summed E-state index contributed by atoms with van der Waals surface area (Å²) in [5.41, 5.74) is 0. The van der Waals surface area contributed by atoms with Gasteiger partial charge in [0, 0.05) is 19.3 Å². The number of carbonyl (C=O) groups excluding carboxylic acids is 2. The van der Waals surface area contributed by atoms with Crippen molar-refractivity contribution >= 4 is 17.9 Å². The molecular formula is C48H92NO7+. The zero-order chi connectivity index (χ0) is 41.4. The normalized spacial score (nSPS) is 12.9. The molecule has 0 aliphatic heterocycles. The van der Waals surface area contributed by atoms with Crippen LogP contribution in [0.1, 0.15) is 226 Å². The van der Waals surface area contributed by atoms with Gasteiger partial charge in [0.2, 0.25) is 0 Å². The van der Waals surface area contributed by atoms with Crippen molar-refractivity contribution in [3.63, 3.8) is 0 Å². The maximum absolute atomic E-state index is 12.7. The maximum Gasteiger partial charge on any atom is 0.362 e. The molecule has 0 bridgehead atoms. The van der Waals surface area contributed by atoms with Crippen LogP contribution in [0.15, 0.2) is 12.2 Å². The summed E-state index contributed by atoms with van der Waals surface area (Å²) in [5.74, 6) is -1.47.